The lowest BCUT2D eigenvalue weighted by atomic mass is 10.0. The first-order chi connectivity index (χ1) is 16.6. The lowest BCUT2D eigenvalue weighted by Gasteiger charge is -2.17. The van der Waals surface area contributed by atoms with Crippen molar-refractivity contribution < 1.29 is 0 Å². The number of rotatable bonds is 7. The fraction of sp³-hybridized carbons (Fsp3) is 0.185. The highest BCUT2D eigenvalue weighted by Gasteiger charge is 2.23. The minimum Gasteiger partial charge on any atom is -0.351 e. The Labute approximate surface area is 209 Å². The van der Waals surface area contributed by atoms with E-state index in [-0.39, 0.29) is 0 Å². The summed E-state index contributed by atoms with van der Waals surface area (Å²) in [4.78, 5) is 5.92. The van der Waals surface area contributed by atoms with Crippen LogP contribution >= 0.6 is 23.8 Å². The van der Waals surface area contributed by atoms with Crippen molar-refractivity contribution in [1.29, 1.82) is 0 Å². The number of aromatic amines is 1. The number of halogens is 1. The SMILES string of the molecule is CCN(CC)Cn1nc(-c2[nH]c3ccc(Cl)cc3c2-c2ccccc2)n(-c2ccccc2)c1=S. The molecule has 0 aliphatic carbocycles. The lowest BCUT2D eigenvalue weighted by molar-refractivity contribution is 0.227. The van der Waals surface area contributed by atoms with Gasteiger partial charge in [0.15, 0.2) is 5.82 Å². The molecule has 7 heteroatoms. The molecule has 0 fully saturated rings. The summed E-state index contributed by atoms with van der Waals surface area (Å²) in [5, 5.41) is 6.82. The van der Waals surface area contributed by atoms with Crippen LogP contribution in [-0.2, 0) is 6.67 Å². The highest BCUT2D eigenvalue weighted by molar-refractivity contribution is 7.71. The van der Waals surface area contributed by atoms with Gasteiger partial charge in [0, 0.05) is 21.5 Å². The number of fused-ring (bicyclic) bond motifs is 1. The van der Waals surface area contributed by atoms with Gasteiger partial charge in [-0.2, -0.15) is 0 Å². The normalized spacial score (nSPS) is 11.5. The van der Waals surface area contributed by atoms with E-state index >= 15 is 0 Å². The minimum absolute atomic E-state index is 0.630. The summed E-state index contributed by atoms with van der Waals surface area (Å²) in [5.41, 5.74) is 5.04. The highest BCUT2D eigenvalue weighted by atomic mass is 35.5. The third kappa shape index (κ3) is 4.09. The number of hydrogen-bond acceptors (Lipinski definition) is 3. The second-order valence-corrected chi connectivity index (χ2v) is 8.95. The molecule has 0 saturated carbocycles. The van der Waals surface area contributed by atoms with E-state index < -0.39 is 0 Å². The minimum atomic E-state index is 0.630. The van der Waals surface area contributed by atoms with Crippen molar-refractivity contribution in [3.8, 4) is 28.3 Å². The zero-order valence-electron chi connectivity index (χ0n) is 19.2. The largest absolute Gasteiger partial charge is 0.351 e. The Balaban J connectivity index is 1.82. The van der Waals surface area contributed by atoms with Crippen molar-refractivity contribution in [2.75, 3.05) is 13.1 Å². The van der Waals surface area contributed by atoms with Crippen LogP contribution < -0.4 is 0 Å². The lowest BCUT2D eigenvalue weighted by Crippen LogP contribution is -2.26. The van der Waals surface area contributed by atoms with Crippen LogP contribution in [0.1, 0.15) is 13.8 Å². The molecule has 0 aliphatic rings. The Morgan fingerprint density at radius 1 is 0.941 bits per heavy atom. The van der Waals surface area contributed by atoms with Crippen LogP contribution in [0, 0.1) is 4.77 Å². The summed E-state index contributed by atoms with van der Waals surface area (Å²) in [5.74, 6) is 0.773. The van der Waals surface area contributed by atoms with E-state index in [2.05, 4.69) is 52.6 Å². The molecule has 0 aliphatic heterocycles. The van der Waals surface area contributed by atoms with Gasteiger partial charge in [-0.15, -0.1) is 5.10 Å². The topological polar surface area (TPSA) is 41.8 Å². The number of H-pyrrole nitrogens is 1. The average molecular weight is 488 g/mol. The standard InChI is InChI=1S/C27H26ClN5S/c1-3-31(4-2)18-32-27(34)33(21-13-9-6-10-14-21)26(30-32)25-24(19-11-7-5-8-12-19)22-17-20(28)15-16-23(22)29-25/h5-17,29H,3-4,18H2,1-2H3. The maximum Gasteiger partial charge on any atom is 0.204 e. The van der Waals surface area contributed by atoms with Crippen LogP contribution in [0.2, 0.25) is 5.02 Å². The fourth-order valence-electron chi connectivity index (χ4n) is 4.32. The van der Waals surface area contributed by atoms with Crippen molar-refractivity contribution >= 4 is 34.7 Å². The van der Waals surface area contributed by atoms with E-state index in [1.165, 1.54) is 0 Å². The van der Waals surface area contributed by atoms with Crippen molar-refractivity contribution in [2.24, 2.45) is 0 Å². The van der Waals surface area contributed by atoms with E-state index in [9.17, 15) is 0 Å². The van der Waals surface area contributed by atoms with Gasteiger partial charge in [-0.05, 0) is 61.2 Å². The number of para-hydroxylation sites is 1. The Hall–Kier alpha value is -3.19. The van der Waals surface area contributed by atoms with Crippen LogP contribution in [0.15, 0.2) is 78.9 Å². The van der Waals surface area contributed by atoms with Crippen molar-refractivity contribution in [3.63, 3.8) is 0 Å². The van der Waals surface area contributed by atoms with Gasteiger partial charge in [-0.3, -0.25) is 9.47 Å². The number of hydrogen-bond donors (Lipinski definition) is 1. The van der Waals surface area contributed by atoms with Gasteiger partial charge in [0.1, 0.15) is 0 Å². The van der Waals surface area contributed by atoms with Gasteiger partial charge >= 0.3 is 0 Å². The van der Waals surface area contributed by atoms with E-state index in [1.807, 2.05) is 59.3 Å². The van der Waals surface area contributed by atoms with Gasteiger partial charge in [-0.1, -0.05) is 74.0 Å². The van der Waals surface area contributed by atoms with E-state index in [0.29, 0.717) is 16.5 Å². The monoisotopic (exact) mass is 487 g/mol. The van der Waals surface area contributed by atoms with Crippen LogP contribution in [0.25, 0.3) is 39.2 Å². The second kappa shape index (κ2) is 9.58. The molecule has 0 atom stereocenters. The van der Waals surface area contributed by atoms with Crippen molar-refractivity contribution in [3.05, 3.63) is 88.7 Å². The third-order valence-corrected chi connectivity index (χ3v) is 6.76. The van der Waals surface area contributed by atoms with E-state index in [0.717, 1.165) is 52.3 Å². The first kappa shape index (κ1) is 22.6. The molecule has 0 spiro atoms. The van der Waals surface area contributed by atoms with E-state index in [1.54, 1.807) is 0 Å². The molecular formula is C27H26ClN5S. The zero-order valence-corrected chi connectivity index (χ0v) is 20.8. The Bertz CT molecular complexity index is 1480. The number of nitrogens with zero attached hydrogens (tertiary/aromatic N) is 4. The average Bonchev–Trinajstić information content (AvgIpc) is 3.40. The quantitative estimate of drug-likeness (QED) is 0.247. The van der Waals surface area contributed by atoms with Crippen LogP contribution in [0.5, 0.6) is 0 Å². The predicted octanol–water partition coefficient (Wildman–Crippen LogP) is 7.17. The molecule has 5 nitrogen and oxygen atoms in total. The van der Waals surface area contributed by atoms with Gasteiger partial charge < -0.3 is 4.98 Å². The summed E-state index contributed by atoms with van der Waals surface area (Å²) in [6.45, 7) is 6.78. The molecule has 1 N–H and O–H groups in total. The molecule has 34 heavy (non-hydrogen) atoms. The summed E-state index contributed by atoms with van der Waals surface area (Å²) < 4.78 is 4.62. The molecule has 0 saturated heterocycles. The molecule has 0 radical (unpaired) electrons. The van der Waals surface area contributed by atoms with Crippen LogP contribution in [-0.4, -0.2) is 37.3 Å². The molecule has 2 aromatic heterocycles. The summed E-state index contributed by atoms with van der Waals surface area (Å²) in [6, 6.07) is 26.4. The van der Waals surface area contributed by atoms with Gasteiger partial charge in [0.25, 0.3) is 0 Å². The molecular weight excluding hydrogens is 462 g/mol. The maximum absolute atomic E-state index is 6.42. The van der Waals surface area contributed by atoms with Gasteiger partial charge in [0.05, 0.1) is 18.1 Å². The Morgan fingerprint density at radius 3 is 2.29 bits per heavy atom. The van der Waals surface area contributed by atoms with Crippen molar-refractivity contribution in [1.82, 2.24) is 24.2 Å². The summed E-state index contributed by atoms with van der Waals surface area (Å²) in [7, 11) is 0. The van der Waals surface area contributed by atoms with Crippen LogP contribution in [0.4, 0.5) is 0 Å². The zero-order chi connectivity index (χ0) is 23.7. The molecule has 2 heterocycles. The highest BCUT2D eigenvalue weighted by Crippen LogP contribution is 2.39. The van der Waals surface area contributed by atoms with Gasteiger partial charge in [-0.25, -0.2) is 4.68 Å². The molecule has 5 aromatic rings. The Morgan fingerprint density at radius 2 is 1.62 bits per heavy atom. The van der Waals surface area contributed by atoms with E-state index in [4.69, 9.17) is 28.9 Å². The number of nitrogens with one attached hydrogen (secondary N) is 1. The Kier molecular flexibility index (Phi) is 6.37. The molecule has 172 valence electrons. The van der Waals surface area contributed by atoms with Gasteiger partial charge in [0.2, 0.25) is 4.77 Å². The number of benzene rings is 3. The molecule has 0 bridgehead atoms. The molecule has 0 amide bonds. The van der Waals surface area contributed by atoms with Crippen LogP contribution in [0.3, 0.4) is 0 Å². The molecule has 3 aromatic carbocycles. The second-order valence-electron chi connectivity index (χ2n) is 8.15. The smallest absolute Gasteiger partial charge is 0.204 e. The molecule has 5 rings (SSSR count). The molecule has 0 unspecified atom stereocenters. The first-order valence-corrected chi connectivity index (χ1v) is 12.2. The predicted molar refractivity (Wildman–Crippen MR) is 143 cm³/mol. The third-order valence-electron chi connectivity index (χ3n) is 6.13. The van der Waals surface area contributed by atoms with Crippen molar-refractivity contribution in [2.45, 2.75) is 20.5 Å². The summed E-state index contributed by atoms with van der Waals surface area (Å²) in [6.07, 6.45) is 0. The first-order valence-electron chi connectivity index (χ1n) is 11.4. The summed E-state index contributed by atoms with van der Waals surface area (Å²) >= 11 is 12.4. The maximum atomic E-state index is 6.42. The number of aromatic nitrogens is 4. The fourth-order valence-corrected chi connectivity index (χ4v) is 4.78.